The van der Waals surface area contributed by atoms with Crippen molar-refractivity contribution in [3.05, 3.63) is 11.1 Å². The Balaban J connectivity index is 2.70. The molecule has 1 aromatic rings. The standard InChI is InChI=1S/C13H21NO5S3/c1-12(2,3)19-10(15)13(4,5)21-11-14-9(8-20-11)7-18-22(6,16)17/h8H,7H2,1-6H3. The molecule has 0 aliphatic rings. The van der Waals surface area contributed by atoms with Gasteiger partial charge in [-0.2, -0.15) is 8.42 Å². The van der Waals surface area contributed by atoms with Crippen molar-refractivity contribution >= 4 is 39.2 Å². The topological polar surface area (TPSA) is 82.6 Å². The molecule has 0 unspecified atom stereocenters. The maximum absolute atomic E-state index is 12.2. The summed E-state index contributed by atoms with van der Waals surface area (Å²) in [5, 5.41) is 1.71. The number of hydrogen-bond acceptors (Lipinski definition) is 8. The van der Waals surface area contributed by atoms with Gasteiger partial charge in [-0.25, -0.2) is 4.98 Å². The zero-order valence-electron chi connectivity index (χ0n) is 13.5. The molecule has 0 radical (unpaired) electrons. The molecule has 6 nitrogen and oxygen atoms in total. The molecular formula is C13H21NO5S3. The minimum Gasteiger partial charge on any atom is -0.459 e. The van der Waals surface area contributed by atoms with Crippen LogP contribution in [0.1, 0.15) is 40.3 Å². The molecule has 22 heavy (non-hydrogen) atoms. The van der Waals surface area contributed by atoms with Crippen LogP contribution in [0.4, 0.5) is 0 Å². The summed E-state index contributed by atoms with van der Waals surface area (Å²) in [6.45, 7) is 8.86. The highest BCUT2D eigenvalue weighted by Crippen LogP contribution is 2.36. The highest BCUT2D eigenvalue weighted by Gasteiger charge is 2.34. The van der Waals surface area contributed by atoms with Crippen molar-refractivity contribution in [3.8, 4) is 0 Å². The Morgan fingerprint density at radius 1 is 1.32 bits per heavy atom. The van der Waals surface area contributed by atoms with Crippen LogP contribution in [-0.2, 0) is 30.4 Å². The number of nitrogens with zero attached hydrogens (tertiary/aromatic N) is 1. The minimum atomic E-state index is -3.50. The predicted octanol–water partition coefficient (Wildman–Crippen LogP) is 2.83. The molecule has 0 fully saturated rings. The number of rotatable bonds is 6. The van der Waals surface area contributed by atoms with Gasteiger partial charge in [-0.3, -0.25) is 8.98 Å². The molecule has 0 saturated carbocycles. The molecule has 1 aromatic heterocycles. The second kappa shape index (κ2) is 6.86. The van der Waals surface area contributed by atoms with Gasteiger partial charge in [0, 0.05) is 5.38 Å². The number of aromatic nitrogens is 1. The maximum Gasteiger partial charge on any atom is 0.322 e. The Morgan fingerprint density at radius 3 is 2.41 bits per heavy atom. The first-order chi connectivity index (χ1) is 9.78. The van der Waals surface area contributed by atoms with Gasteiger partial charge in [0.25, 0.3) is 10.1 Å². The fraction of sp³-hybridized carbons (Fsp3) is 0.692. The molecule has 0 aliphatic heterocycles. The van der Waals surface area contributed by atoms with Gasteiger partial charge in [0.15, 0.2) is 4.34 Å². The smallest absolute Gasteiger partial charge is 0.322 e. The largest absolute Gasteiger partial charge is 0.459 e. The molecule has 0 bridgehead atoms. The number of thiazole rings is 1. The number of esters is 1. The third kappa shape index (κ3) is 7.08. The van der Waals surface area contributed by atoms with Crippen LogP contribution in [-0.4, -0.2) is 36.0 Å². The third-order valence-corrected chi connectivity index (χ3v) is 4.89. The summed E-state index contributed by atoms with van der Waals surface area (Å²) in [5.74, 6) is -0.325. The van der Waals surface area contributed by atoms with Crippen LogP contribution >= 0.6 is 23.1 Å². The van der Waals surface area contributed by atoms with E-state index < -0.39 is 20.5 Å². The number of carbonyl (C=O) groups is 1. The van der Waals surface area contributed by atoms with Crippen LogP contribution in [0, 0.1) is 0 Å². The summed E-state index contributed by atoms with van der Waals surface area (Å²) in [7, 11) is -3.50. The molecule has 0 N–H and O–H groups in total. The minimum absolute atomic E-state index is 0.108. The predicted molar refractivity (Wildman–Crippen MR) is 87.5 cm³/mol. The molecule has 126 valence electrons. The van der Waals surface area contributed by atoms with Gasteiger partial charge in [-0.15, -0.1) is 11.3 Å². The Labute approximate surface area is 139 Å². The number of thioether (sulfide) groups is 1. The van der Waals surface area contributed by atoms with Gasteiger partial charge in [0.2, 0.25) is 0 Å². The summed E-state index contributed by atoms with van der Waals surface area (Å²) >= 11 is 2.61. The number of hydrogen-bond donors (Lipinski definition) is 0. The van der Waals surface area contributed by atoms with Crippen molar-refractivity contribution in [3.63, 3.8) is 0 Å². The SMILES string of the molecule is CC(C)(C)OC(=O)C(C)(C)Sc1nc(COS(C)(=O)=O)cs1. The Hall–Kier alpha value is -0.640. The van der Waals surface area contributed by atoms with Crippen molar-refractivity contribution in [2.24, 2.45) is 0 Å². The van der Waals surface area contributed by atoms with E-state index in [4.69, 9.17) is 4.74 Å². The molecular weight excluding hydrogens is 346 g/mol. The van der Waals surface area contributed by atoms with E-state index in [9.17, 15) is 13.2 Å². The first kappa shape index (κ1) is 19.4. The summed E-state index contributed by atoms with van der Waals surface area (Å²) in [6.07, 6.45) is 0.987. The lowest BCUT2D eigenvalue weighted by Crippen LogP contribution is -2.36. The molecule has 9 heteroatoms. The van der Waals surface area contributed by atoms with E-state index in [-0.39, 0.29) is 12.6 Å². The van der Waals surface area contributed by atoms with Gasteiger partial charge in [-0.1, -0.05) is 11.8 Å². The van der Waals surface area contributed by atoms with E-state index >= 15 is 0 Å². The van der Waals surface area contributed by atoms with Gasteiger partial charge in [0.05, 0.1) is 11.9 Å². The second-order valence-electron chi connectivity index (χ2n) is 6.19. The fourth-order valence-corrected chi connectivity index (χ4v) is 3.78. The first-order valence-electron chi connectivity index (χ1n) is 6.50. The van der Waals surface area contributed by atoms with E-state index in [1.807, 2.05) is 20.8 Å². The van der Waals surface area contributed by atoms with E-state index in [1.54, 1.807) is 19.2 Å². The third-order valence-electron chi connectivity index (χ3n) is 2.18. The lowest BCUT2D eigenvalue weighted by molar-refractivity contribution is -0.156. The average Bonchev–Trinajstić information content (AvgIpc) is 2.70. The lowest BCUT2D eigenvalue weighted by Gasteiger charge is -2.27. The molecule has 0 aliphatic carbocycles. The van der Waals surface area contributed by atoms with E-state index in [2.05, 4.69) is 9.17 Å². The fourth-order valence-electron chi connectivity index (χ4n) is 1.23. The van der Waals surface area contributed by atoms with Crippen LogP contribution in [0.25, 0.3) is 0 Å². The lowest BCUT2D eigenvalue weighted by atomic mass is 10.1. The van der Waals surface area contributed by atoms with Crippen molar-refractivity contribution < 1.29 is 22.1 Å². The zero-order chi connectivity index (χ0) is 17.2. The first-order valence-corrected chi connectivity index (χ1v) is 10.0. The highest BCUT2D eigenvalue weighted by atomic mass is 32.2. The summed E-state index contributed by atoms with van der Waals surface area (Å²) in [5.41, 5.74) is -0.0374. The van der Waals surface area contributed by atoms with Gasteiger partial charge < -0.3 is 4.74 Å². The van der Waals surface area contributed by atoms with E-state index in [0.717, 1.165) is 6.26 Å². The number of ether oxygens (including phenoxy) is 1. The molecule has 0 aromatic carbocycles. The molecule has 0 amide bonds. The molecule has 0 atom stereocenters. The molecule has 1 heterocycles. The average molecular weight is 368 g/mol. The van der Waals surface area contributed by atoms with Gasteiger partial charge >= 0.3 is 5.97 Å². The quantitative estimate of drug-likeness (QED) is 0.434. The van der Waals surface area contributed by atoms with E-state index in [1.165, 1.54) is 23.1 Å². The van der Waals surface area contributed by atoms with Crippen molar-refractivity contribution in [2.45, 2.75) is 55.9 Å². The van der Waals surface area contributed by atoms with Crippen LogP contribution < -0.4 is 0 Å². The number of carbonyl (C=O) groups excluding carboxylic acids is 1. The maximum atomic E-state index is 12.2. The molecule has 0 saturated heterocycles. The van der Waals surface area contributed by atoms with Crippen LogP contribution in [0.2, 0.25) is 0 Å². The van der Waals surface area contributed by atoms with Crippen molar-refractivity contribution in [1.82, 2.24) is 4.98 Å². The van der Waals surface area contributed by atoms with Crippen LogP contribution in [0.3, 0.4) is 0 Å². The summed E-state index contributed by atoms with van der Waals surface area (Å²) < 4.78 is 31.8. The Bertz CT molecular complexity index is 628. The summed E-state index contributed by atoms with van der Waals surface area (Å²) in [6, 6.07) is 0. The van der Waals surface area contributed by atoms with Crippen LogP contribution in [0.15, 0.2) is 9.72 Å². The van der Waals surface area contributed by atoms with Gasteiger partial charge in [0.1, 0.15) is 17.0 Å². The monoisotopic (exact) mass is 367 g/mol. The Morgan fingerprint density at radius 2 is 1.91 bits per heavy atom. The molecule has 0 spiro atoms. The van der Waals surface area contributed by atoms with Gasteiger partial charge in [-0.05, 0) is 34.6 Å². The van der Waals surface area contributed by atoms with Crippen molar-refractivity contribution in [2.75, 3.05) is 6.26 Å². The summed E-state index contributed by atoms with van der Waals surface area (Å²) in [4.78, 5) is 16.4. The highest BCUT2D eigenvalue weighted by molar-refractivity contribution is 8.03. The normalized spacial score (nSPS) is 13.2. The van der Waals surface area contributed by atoms with Crippen molar-refractivity contribution in [1.29, 1.82) is 0 Å². The Kier molecular flexibility index (Phi) is 6.05. The second-order valence-corrected chi connectivity index (χ2v) is 10.6. The zero-order valence-corrected chi connectivity index (χ0v) is 15.9. The molecule has 1 rings (SSSR count). The van der Waals surface area contributed by atoms with E-state index in [0.29, 0.717) is 10.0 Å². The van der Waals surface area contributed by atoms with Crippen LogP contribution in [0.5, 0.6) is 0 Å².